The van der Waals surface area contributed by atoms with Gasteiger partial charge in [-0.15, -0.1) is 0 Å². The zero-order valence-corrected chi connectivity index (χ0v) is 17.7. The van der Waals surface area contributed by atoms with Gasteiger partial charge in [0.15, 0.2) is 0 Å². The van der Waals surface area contributed by atoms with Crippen LogP contribution in [0.1, 0.15) is 36.8 Å². The summed E-state index contributed by atoms with van der Waals surface area (Å²) < 4.78 is 0. The van der Waals surface area contributed by atoms with Gasteiger partial charge in [-0.3, -0.25) is 9.59 Å². The first-order valence-corrected chi connectivity index (χ1v) is 10.4. The van der Waals surface area contributed by atoms with Gasteiger partial charge in [0.2, 0.25) is 0 Å². The summed E-state index contributed by atoms with van der Waals surface area (Å²) in [6.07, 6.45) is 3.28. The van der Waals surface area contributed by atoms with E-state index in [0.29, 0.717) is 16.5 Å². The van der Waals surface area contributed by atoms with Crippen LogP contribution in [0.4, 0.5) is 0 Å². The first-order chi connectivity index (χ1) is 14.5. The fraction of sp³-hybridized carbons (Fsp3) is 0.250. The van der Waals surface area contributed by atoms with Crippen molar-refractivity contribution in [3.63, 3.8) is 0 Å². The Bertz CT molecular complexity index is 942. The Labute approximate surface area is 186 Å². The van der Waals surface area contributed by atoms with E-state index in [9.17, 15) is 9.59 Å². The smallest absolute Gasteiger partial charge is 0.296 e. The van der Waals surface area contributed by atoms with Crippen LogP contribution in [0.15, 0.2) is 48.5 Å². The molecular weight excluding hydrogens is 419 g/mol. The molecule has 2 unspecified atom stereocenters. The zero-order valence-electron chi connectivity index (χ0n) is 16.2. The van der Waals surface area contributed by atoms with Crippen molar-refractivity contribution in [1.29, 1.82) is 0 Å². The normalized spacial score (nSPS) is 17.5. The van der Waals surface area contributed by atoms with Gasteiger partial charge in [-0.2, -0.15) is 0 Å². The topological polar surface area (TPSA) is 58.2 Å². The van der Waals surface area contributed by atoms with Crippen molar-refractivity contribution in [3.05, 3.63) is 69.7 Å². The fourth-order valence-corrected chi connectivity index (χ4v) is 3.47. The minimum Gasteiger partial charge on any atom is -0.342 e. The van der Waals surface area contributed by atoms with Crippen molar-refractivity contribution in [2.24, 2.45) is 0 Å². The van der Waals surface area contributed by atoms with E-state index in [2.05, 4.69) is 34.3 Å². The van der Waals surface area contributed by atoms with Crippen molar-refractivity contribution in [3.8, 4) is 23.7 Å². The van der Waals surface area contributed by atoms with E-state index < -0.39 is 0 Å². The molecule has 0 radical (unpaired) electrons. The lowest BCUT2D eigenvalue weighted by atomic mass is 9.91. The summed E-state index contributed by atoms with van der Waals surface area (Å²) in [6, 6.07) is 13.9. The van der Waals surface area contributed by atoms with E-state index in [0.717, 1.165) is 30.4 Å². The van der Waals surface area contributed by atoms with Crippen LogP contribution in [0.5, 0.6) is 0 Å². The Morgan fingerprint density at radius 1 is 0.733 bits per heavy atom. The Hall–Kier alpha value is -2.92. The highest BCUT2D eigenvalue weighted by Gasteiger charge is 2.23. The number of benzene rings is 2. The first-order valence-electron chi connectivity index (χ1n) is 9.64. The second-order valence-corrected chi connectivity index (χ2v) is 7.89. The quantitative estimate of drug-likeness (QED) is 0.697. The molecule has 0 aliphatic heterocycles. The molecule has 1 aliphatic rings. The summed E-state index contributed by atoms with van der Waals surface area (Å²) in [5, 5.41) is 7.10. The number of rotatable bonds is 2. The molecule has 30 heavy (non-hydrogen) atoms. The van der Waals surface area contributed by atoms with Gasteiger partial charge in [-0.05, 0) is 74.2 Å². The molecule has 4 nitrogen and oxygen atoms in total. The van der Waals surface area contributed by atoms with E-state index >= 15 is 0 Å². The Balaban J connectivity index is 1.49. The van der Waals surface area contributed by atoms with Crippen LogP contribution >= 0.6 is 23.2 Å². The average Bonchev–Trinajstić information content (AvgIpc) is 2.73. The van der Waals surface area contributed by atoms with Gasteiger partial charge in [0, 0.05) is 45.1 Å². The molecule has 2 atom stereocenters. The second-order valence-electron chi connectivity index (χ2n) is 7.02. The molecule has 1 fully saturated rings. The van der Waals surface area contributed by atoms with Gasteiger partial charge in [0.25, 0.3) is 11.8 Å². The van der Waals surface area contributed by atoms with Crippen LogP contribution in [0.25, 0.3) is 0 Å². The summed E-state index contributed by atoms with van der Waals surface area (Å²) in [5.41, 5.74) is 1.45. The number of hydrogen-bond acceptors (Lipinski definition) is 2. The van der Waals surface area contributed by atoms with Crippen LogP contribution < -0.4 is 10.6 Å². The molecule has 1 aliphatic carbocycles. The third-order valence-electron chi connectivity index (χ3n) is 4.67. The van der Waals surface area contributed by atoms with Crippen LogP contribution in [0.2, 0.25) is 10.0 Å². The number of hydrogen-bond donors (Lipinski definition) is 2. The monoisotopic (exact) mass is 438 g/mol. The molecular formula is C24H20Cl2N2O2. The summed E-state index contributed by atoms with van der Waals surface area (Å²) in [6.45, 7) is 0. The largest absolute Gasteiger partial charge is 0.342 e. The van der Waals surface area contributed by atoms with Gasteiger partial charge in [0.1, 0.15) is 0 Å². The van der Waals surface area contributed by atoms with E-state index in [1.165, 1.54) is 0 Å². The first kappa shape index (κ1) is 21.8. The van der Waals surface area contributed by atoms with Crippen molar-refractivity contribution in [1.82, 2.24) is 10.6 Å². The lowest BCUT2D eigenvalue weighted by Gasteiger charge is -2.29. The summed E-state index contributed by atoms with van der Waals surface area (Å²) in [7, 11) is 0. The molecule has 0 bridgehead atoms. The second kappa shape index (κ2) is 10.7. The maximum absolute atomic E-state index is 12.1. The van der Waals surface area contributed by atoms with E-state index in [1.54, 1.807) is 48.5 Å². The zero-order chi connectivity index (χ0) is 21.3. The van der Waals surface area contributed by atoms with Crippen molar-refractivity contribution < 1.29 is 9.59 Å². The Morgan fingerprint density at radius 3 is 1.53 bits per heavy atom. The summed E-state index contributed by atoms with van der Waals surface area (Å²) >= 11 is 11.7. The molecule has 2 N–H and O–H groups in total. The third-order valence-corrected chi connectivity index (χ3v) is 5.18. The molecule has 0 spiro atoms. The highest BCUT2D eigenvalue weighted by molar-refractivity contribution is 6.30. The van der Waals surface area contributed by atoms with Crippen LogP contribution in [-0.2, 0) is 9.59 Å². The van der Waals surface area contributed by atoms with Crippen LogP contribution in [0.3, 0.4) is 0 Å². The van der Waals surface area contributed by atoms with Gasteiger partial charge < -0.3 is 10.6 Å². The maximum Gasteiger partial charge on any atom is 0.296 e. The van der Waals surface area contributed by atoms with Crippen molar-refractivity contribution >= 4 is 35.0 Å². The average molecular weight is 439 g/mol. The number of halogens is 2. The minimum atomic E-state index is -0.329. The van der Waals surface area contributed by atoms with E-state index in [-0.39, 0.29) is 23.9 Å². The molecule has 0 heterocycles. The third kappa shape index (κ3) is 7.16. The standard InChI is InChI=1S/C24H20Cl2N2O2/c25-19-10-4-17(5-11-19)8-14-23(29)27-21-2-1-3-22(16-21)28-24(30)15-9-18-6-12-20(26)13-7-18/h4-7,10-13,21-22H,1-3,16H2,(H,27,29)(H,28,30). The number of amides is 2. The molecule has 0 saturated heterocycles. The molecule has 6 heteroatoms. The molecule has 2 aromatic carbocycles. The number of carbonyl (C=O) groups excluding carboxylic acids is 2. The van der Waals surface area contributed by atoms with Crippen molar-refractivity contribution in [2.75, 3.05) is 0 Å². The van der Waals surface area contributed by atoms with Gasteiger partial charge >= 0.3 is 0 Å². The lowest BCUT2D eigenvalue weighted by Crippen LogP contribution is -2.45. The predicted octanol–water partition coefficient (Wildman–Crippen LogP) is 3.94. The number of carbonyl (C=O) groups is 2. The van der Waals surface area contributed by atoms with Crippen LogP contribution in [-0.4, -0.2) is 23.9 Å². The van der Waals surface area contributed by atoms with E-state index in [4.69, 9.17) is 23.2 Å². The minimum absolute atomic E-state index is 0.0275. The Morgan fingerprint density at radius 2 is 1.13 bits per heavy atom. The highest BCUT2D eigenvalue weighted by atomic mass is 35.5. The Kier molecular flexibility index (Phi) is 7.80. The SMILES string of the molecule is O=C(C#Cc1ccc(Cl)cc1)NC1CCCC(NC(=O)C#Cc2ccc(Cl)cc2)C1. The van der Waals surface area contributed by atoms with Gasteiger partial charge in [0.05, 0.1) is 0 Å². The molecule has 3 rings (SSSR count). The van der Waals surface area contributed by atoms with Gasteiger partial charge in [-0.25, -0.2) is 0 Å². The summed E-state index contributed by atoms with van der Waals surface area (Å²) in [5.74, 6) is 10.2. The van der Waals surface area contributed by atoms with Crippen molar-refractivity contribution in [2.45, 2.75) is 37.8 Å². The van der Waals surface area contributed by atoms with E-state index in [1.807, 2.05) is 0 Å². The molecule has 152 valence electrons. The molecule has 1 saturated carbocycles. The fourth-order valence-electron chi connectivity index (χ4n) is 3.22. The lowest BCUT2D eigenvalue weighted by molar-refractivity contribution is -0.116. The predicted molar refractivity (Wildman–Crippen MR) is 119 cm³/mol. The van der Waals surface area contributed by atoms with Crippen LogP contribution in [0, 0.1) is 23.7 Å². The van der Waals surface area contributed by atoms with Gasteiger partial charge in [-0.1, -0.05) is 35.0 Å². The maximum atomic E-state index is 12.1. The summed E-state index contributed by atoms with van der Waals surface area (Å²) in [4.78, 5) is 24.3. The molecule has 2 amide bonds. The molecule has 0 aromatic heterocycles. The highest BCUT2D eigenvalue weighted by Crippen LogP contribution is 2.18. The molecule has 2 aromatic rings. The number of nitrogens with one attached hydrogen (secondary N) is 2.